The number of hydrogen-bond donors (Lipinski definition) is 1. The Balaban J connectivity index is 1.94. The van der Waals surface area contributed by atoms with E-state index in [1.165, 1.54) is 6.92 Å². The first-order chi connectivity index (χ1) is 10.1. The van der Waals surface area contributed by atoms with Crippen molar-refractivity contribution < 1.29 is 14.3 Å². The van der Waals surface area contributed by atoms with E-state index in [0.29, 0.717) is 22.0 Å². The molecule has 1 amide bonds. The van der Waals surface area contributed by atoms with E-state index in [9.17, 15) is 9.59 Å². The molecule has 0 aliphatic rings. The van der Waals surface area contributed by atoms with Crippen LogP contribution in [0.2, 0.25) is 5.02 Å². The molecule has 2 rings (SSSR count). The lowest BCUT2D eigenvalue weighted by Crippen LogP contribution is -2.20. The number of halogens is 1. The maximum Gasteiger partial charge on any atom is 0.262 e. The minimum absolute atomic E-state index is 0.0547. The highest BCUT2D eigenvalue weighted by atomic mass is 35.5. The molecule has 5 heteroatoms. The lowest BCUT2D eigenvalue weighted by molar-refractivity contribution is -0.118. The molecule has 21 heavy (non-hydrogen) atoms. The smallest absolute Gasteiger partial charge is 0.262 e. The van der Waals surface area contributed by atoms with Crippen molar-refractivity contribution in [3.63, 3.8) is 0 Å². The highest BCUT2D eigenvalue weighted by molar-refractivity contribution is 6.33. The molecule has 0 bridgehead atoms. The number of benzene rings is 2. The number of carbonyl (C=O) groups excluding carboxylic acids is 2. The van der Waals surface area contributed by atoms with Crippen molar-refractivity contribution in [1.82, 2.24) is 0 Å². The van der Waals surface area contributed by atoms with Gasteiger partial charge in [0.05, 0.1) is 10.7 Å². The fraction of sp³-hybridized carbons (Fsp3) is 0.125. The van der Waals surface area contributed by atoms with Crippen LogP contribution in [-0.4, -0.2) is 18.3 Å². The Morgan fingerprint density at radius 2 is 1.90 bits per heavy atom. The van der Waals surface area contributed by atoms with Gasteiger partial charge in [-0.05, 0) is 31.2 Å². The van der Waals surface area contributed by atoms with Crippen LogP contribution >= 0.6 is 11.6 Å². The molecule has 0 spiro atoms. The molecule has 0 aromatic heterocycles. The number of ether oxygens (including phenoxy) is 1. The second-order valence-electron chi connectivity index (χ2n) is 4.40. The zero-order valence-corrected chi connectivity index (χ0v) is 12.2. The van der Waals surface area contributed by atoms with Crippen molar-refractivity contribution in [1.29, 1.82) is 0 Å². The van der Waals surface area contributed by atoms with Crippen LogP contribution in [0, 0.1) is 0 Å². The normalized spacial score (nSPS) is 10.0. The molecule has 1 N–H and O–H groups in total. The Morgan fingerprint density at radius 1 is 1.14 bits per heavy atom. The van der Waals surface area contributed by atoms with E-state index in [1.54, 1.807) is 48.5 Å². The van der Waals surface area contributed by atoms with Gasteiger partial charge in [-0.2, -0.15) is 0 Å². The maximum absolute atomic E-state index is 11.8. The monoisotopic (exact) mass is 303 g/mol. The van der Waals surface area contributed by atoms with Gasteiger partial charge in [0, 0.05) is 5.56 Å². The van der Waals surface area contributed by atoms with Crippen LogP contribution < -0.4 is 10.1 Å². The number of nitrogens with one attached hydrogen (secondary N) is 1. The Kier molecular flexibility index (Phi) is 4.95. The molecule has 2 aromatic carbocycles. The van der Waals surface area contributed by atoms with Gasteiger partial charge in [0.25, 0.3) is 5.91 Å². The number of ketones is 1. The third-order valence-corrected chi connectivity index (χ3v) is 3.09. The first-order valence-corrected chi connectivity index (χ1v) is 6.72. The summed E-state index contributed by atoms with van der Waals surface area (Å²) in [6.45, 7) is 1.32. The second kappa shape index (κ2) is 6.90. The Bertz CT molecular complexity index is 670. The van der Waals surface area contributed by atoms with E-state index >= 15 is 0 Å². The highest BCUT2D eigenvalue weighted by Gasteiger charge is 2.07. The molecule has 0 atom stereocenters. The first-order valence-electron chi connectivity index (χ1n) is 6.34. The number of hydrogen-bond acceptors (Lipinski definition) is 3. The predicted molar refractivity (Wildman–Crippen MR) is 82.0 cm³/mol. The summed E-state index contributed by atoms with van der Waals surface area (Å²) in [7, 11) is 0. The topological polar surface area (TPSA) is 55.4 Å². The van der Waals surface area contributed by atoms with E-state index < -0.39 is 0 Å². The van der Waals surface area contributed by atoms with E-state index in [0.717, 1.165) is 0 Å². The molecule has 0 radical (unpaired) electrons. The van der Waals surface area contributed by atoms with Crippen molar-refractivity contribution in [3.8, 4) is 5.75 Å². The standard InChI is InChI=1S/C16H14ClNO3/c1-11(19)12-5-4-6-13(9-12)21-10-16(20)18-15-8-3-2-7-14(15)17/h2-9H,10H2,1H3,(H,18,20). The van der Waals surface area contributed by atoms with Crippen LogP contribution in [0.1, 0.15) is 17.3 Å². The number of anilines is 1. The molecule has 0 saturated carbocycles. The summed E-state index contributed by atoms with van der Waals surface area (Å²) in [5, 5.41) is 3.12. The lowest BCUT2D eigenvalue weighted by atomic mass is 10.1. The molecular formula is C16H14ClNO3. The number of para-hydroxylation sites is 1. The van der Waals surface area contributed by atoms with Gasteiger partial charge < -0.3 is 10.1 Å². The number of carbonyl (C=O) groups is 2. The average molecular weight is 304 g/mol. The van der Waals surface area contributed by atoms with Crippen molar-refractivity contribution in [2.45, 2.75) is 6.92 Å². The van der Waals surface area contributed by atoms with Crippen molar-refractivity contribution >= 4 is 29.0 Å². The van der Waals surface area contributed by atoms with E-state index in [4.69, 9.17) is 16.3 Å². The first kappa shape index (κ1) is 15.1. The second-order valence-corrected chi connectivity index (χ2v) is 4.81. The minimum Gasteiger partial charge on any atom is -0.484 e. The van der Waals surface area contributed by atoms with Gasteiger partial charge in [-0.25, -0.2) is 0 Å². The van der Waals surface area contributed by atoms with E-state index in [2.05, 4.69) is 5.32 Å². The van der Waals surface area contributed by atoms with E-state index in [1.807, 2.05) is 0 Å². The van der Waals surface area contributed by atoms with Crippen LogP contribution in [0.4, 0.5) is 5.69 Å². The van der Waals surface area contributed by atoms with Crippen LogP contribution in [0.5, 0.6) is 5.75 Å². The minimum atomic E-state index is -0.323. The molecule has 108 valence electrons. The van der Waals surface area contributed by atoms with Crippen LogP contribution in [0.3, 0.4) is 0 Å². The predicted octanol–water partition coefficient (Wildman–Crippen LogP) is 3.56. The summed E-state index contributed by atoms with van der Waals surface area (Å²) < 4.78 is 5.36. The van der Waals surface area contributed by atoms with Gasteiger partial charge in [-0.15, -0.1) is 0 Å². The molecule has 0 heterocycles. The molecule has 0 aliphatic carbocycles. The molecule has 2 aromatic rings. The molecule has 0 saturated heterocycles. The molecule has 4 nitrogen and oxygen atoms in total. The lowest BCUT2D eigenvalue weighted by Gasteiger charge is -2.09. The SMILES string of the molecule is CC(=O)c1cccc(OCC(=O)Nc2ccccc2Cl)c1. The maximum atomic E-state index is 11.8. The Hall–Kier alpha value is -2.33. The third-order valence-electron chi connectivity index (χ3n) is 2.76. The van der Waals surface area contributed by atoms with Crippen LogP contribution in [-0.2, 0) is 4.79 Å². The summed E-state index contributed by atoms with van der Waals surface area (Å²) in [4.78, 5) is 23.1. The number of amides is 1. The molecule has 0 unspecified atom stereocenters. The van der Waals surface area contributed by atoms with Gasteiger partial charge in [0.15, 0.2) is 12.4 Å². The fourth-order valence-electron chi connectivity index (χ4n) is 1.70. The van der Waals surface area contributed by atoms with Gasteiger partial charge in [-0.3, -0.25) is 9.59 Å². The molecule has 0 fully saturated rings. The van der Waals surface area contributed by atoms with E-state index in [-0.39, 0.29) is 18.3 Å². The summed E-state index contributed by atoms with van der Waals surface area (Å²) >= 11 is 5.95. The zero-order valence-electron chi connectivity index (χ0n) is 11.4. The largest absolute Gasteiger partial charge is 0.484 e. The molecular weight excluding hydrogens is 290 g/mol. The van der Waals surface area contributed by atoms with Gasteiger partial charge in [-0.1, -0.05) is 35.9 Å². The third kappa shape index (κ3) is 4.33. The average Bonchev–Trinajstić information content (AvgIpc) is 2.48. The summed E-state index contributed by atoms with van der Waals surface area (Å²) in [5.74, 6) is 0.0919. The van der Waals surface area contributed by atoms with Crippen molar-refractivity contribution in [2.24, 2.45) is 0 Å². The van der Waals surface area contributed by atoms with Gasteiger partial charge in [0.1, 0.15) is 5.75 Å². The molecule has 0 aliphatic heterocycles. The van der Waals surface area contributed by atoms with Gasteiger partial charge in [0.2, 0.25) is 0 Å². The fourth-order valence-corrected chi connectivity index (χ4v) is 1.89. The zero-order chi connectivity index (χ0) is 15.2. The van der Waals surface area contributed by atoms with Crippen LogP contribution in [0.25, 0.3) is 0 Å². The quantitative estimate of drug-likeness (QED) is 0.859. The summed E-state index contributed by atoms with van der Waals surface area (Å²) in [6, 6.07) is 13.6. The number of Topliss-reactive ketones (excluding diaryl/α,β-unsaturated/α-hetero) is 1. The highest BCUT2D eigenvalue weighted by Crippen LogP contribution is 2.20. The van der Waals surface area contributed by atoms with Gasteiger partial charge >= 0.3 is 0 Å². The Labute approximate surface area is 127 Å². The summed E-state index contributed by atoms with van der Waals surface area (Å²) in [5.41, 5.74) is 1.07. The Morgan fingerprint density at radius 3 is 2.62 bits per heavy atom. The van der Waals surface area contributed by atoms with Crippen LogP contribution in [0.15, 0.2) is 48.5 Å². The van der Waals surface area contributed by atoms with Crippen molar-refractivity contribution in [2.75, 3.05) is 11.9 Å². The number of rotatable bonds is 5. The summed E-state index contributed by atoms with van der Waals surface area (Å²) in [6.07, 6.45) is 0. The van der Waals surface area contributed by atoms with Crippen molar-refractivity contribution in [3.05, 3.63) is 59.1 Å².